The Labute approximate surface area is 261 Å². The van der Waals surface area contributed by atoms with Crippen LogP contribution in [0.15, 0.2) is 47.8 Å². The summed E-state index contributed by atoms with van der Waals surface area (Å²) in [7, 11) is 0. The van der Waals surface area contributed by atoms with Crippen molar-refractivity contribution in [1.82, 2.24) is 20.2 Å². The topological polar surface area (TPSA) is 127 Å². The van der Waals surface area contributed by atoms with E-state index in [1.54, 1.807) is 0 Å². The van der Waals surface area contributed by atoms with E-state index in [9.17, 15) is 14.4 Å². The van der Waals surface area contributed by atoms with E-state index in [1.165, 1.54) is 11.3 Å². The summed E-state index contributed by atoms with van der Waals surface area (Å²) in [6.45, 7) is 11.2. The minimum atomic E-state index is -0.821. The lowest BCUT2D eigenvalue weighted by atomic mass is 10.0. The van der Waals surface area contributed by atoms with Crippen LogP contribution < -0.4 is 10.6 Å². The van der Waals surface area contributed by atoms with Crippen molar-refractivity contribution in [3.05, 3.63) is 81.5 Å². The van der Waals surface area contributed by atoms with Crippen LogP contribution in [-0.2, 0) is 16.0 Å². The highest BCUT2D eigenvalue weighted by molar-refractivity contribution is 7.13. The number of carboxylic acids is 1. The minimum absolute atomic E-state index is 0.0807. The minimum Gasteiger partial charge on any atom is -0.481 e. The lowest BCUT2D eigenvalue weighted by Gasteiger charge is -2.18. The third-order valence-electron chi connectivity index (χ3n) is 8.00. The first-order valence-corrected chi connectivity index (χ1v) is 15.7. The summed E-state index contributed by atoms with van der Waals surface area (Å²) in [5.74, 6) is -1.15. The zero-order valence-electron chi connectivity index (χ0n) is 25.4. The van der Waals surface area contributed by atoms with Crippen molar-refractivity contribution in [1.29, 1.82) is 0 Å². The number of nitrogens with one attached hydrogen (secondary N) is 3. The molecule has 9 nitrogen and oxygen atoms in total. The number of thiazole rings is 1. The molecule has 5 rings (SSSR count). The molecule has 0 saturated carbocycles. The summed E-state index contributed by atoms with van der Waals surface area (Å²) in [5.41, 5.74) is 8.44. The van der Waals surface area contributed by atoms with Gasteiger partial charge in [0.15, 0.2) is 0 Å². The van der Waals surface area contributed by atoms with Crippen molar-refractivity contribution in [2.75, 3.05) is 31.5 Å². The van der Waals surface area contributed by atoms with Gasteiger partial charge in [0.05, 0.1) is 16.8 Å². The number of amides is 2. The SMILES string of the molecule is CCN(CC)CCNC(=O)c1c(C)[nH]c(/C=C2\C(=O)Nc3ccc(-c4csc(-c5cccc(CCC(=O)O)c5)n4)cc32)c1C. The van der Waals surface area contributed by atoms with Crippen LogP contribution in [0.4, 0.5) is 5.69 Å². The number of anilines is 1. The molecule has 10 heteroatoms. The van der Waals surface area contributed by atoms with E-state index >= 15 is 0 Å². The first kappa shape index (κ1) is 30.9. The molecule has 3 heterocycles. The van der Waals surface area contributed by atoms with Crippen molar-refractivity contribution < 1.29 is 19.5 Å². The van der Waals surface area contributed by atoms with Gasteiger partial charge in [-0.2, -0.15) is 0 Å². The standard InChI is InChI=1S/C34H37N5O4S/c1-5-39(6-2)15-14-35-33(43)31-20(3)28(36-21(31)4)18-26-25-17-23(11-12-27(25)37-32(26)42)29-19-44-34(38-29)24-9-7-8-22(16-24)10-13-30(40)41/h7-9,11-12,16-19,36H,5-6,10,13-15H2,1-4H3,(H,35,43)(H,37,42)(H,40,41)/b26-18-. The van der Waals surface area contributed by atoms with E-state index in [-0.39, 0.29) is 18.2 Å². The zero-order chi connectivity index (χ0) is 31.4. The summed E-state index contributed by atoms with van der Waals surface area (Å²) in [6, 6.07) is 13.6. The van der Waals surface area contributed by atoms with E-state index < -0.39 is 5.97 Å². The molecule has 228 valence electrons. The maximum absolute atomic E-state index is 13.1. The molecule has 4 aromatic rings. The molecule has 0 spiro atoms. The number of aromatic nitrogens is 2. The first-order chi connectivity index (χ1) is 21.2. The number of nitrogens with zero attached hydrogens (tertiary/aromatic N) is 2. The lowest BCUT2D eigenvalue weighted by Crippen LogP contribution is -2.35. The second kappa shape index (κ2) is 13.4. The van der Waals surface area contributed by atoms with Gasteiger partial charge in [0.25, 0.3) is 11.8 Å². The number of carbonyl (C=O) groups is 3. The molecule has 0 fully saturated rings. The number of H-pyrrole nitrogens is 1. The monoisotopic (exact) mass is 611 g/mol. The average molecular weight is 612 g/mol. The number of aliphatic carboxylic acids is 1. The highest BCUT2D eigenvalue weighted by atomic mass is 32.1. The molecule has 0 radical (unpaired) electrons. The van der Waals surface area contributed by atoms with Crippen LogP contribution in [0.3, 0.4) is 0 Å². The molecule has 1 aliphatic rings. The van der Waals surface area contributed by atoms with E-state index in [2.05, 4.69) is 34.4 Å². The number of rotatable bonds is 12. The molecule has 44 heavy (non-hydrogen) atoms. The van der Waals surface area contributed by atoms with E-state index in [0.29, 0.717) is 24.1 Å². The third kappa shape index (κ3) is 6.66. The number of hydrogen-bond donors (Lipinski definition) is 4. The Hall–Kier alpha value is -4.54. The molecule has 2 aromatic heterocycles. The fraction of sp³-hybridized carbons (Fsp3) is 0.294. The summed E-state index contributed by atoms with van der Waals surface area (Å²) < 4.78 is 0. The molecule has 2 amide bonds. The van der Waals surface area contributed by atoms with Gasteiger partial charge >= 0.3 is 5.97 Å². The maximum atomic E-state index is 13.1. The van der Waals surface area contributed by atoms with Crippen LogP contribution >= 0.6 is 11.3 Å². The van der Waals surface area contributed by atoms with Gasteiger partial charge in [-0.25, -0.2) is 4.98 Å². The molecular weight excluding hydrogens is 574 g/mol. The van der Waals surface area contributed by atoms with Gasteiger partial charge in [0, 0.05) is 58.7 Å². The van der Waals surface area contributed by atoms with Crippen molar-refractivity contribution in [3.63, 3.8) is 0 Å². The second-order valence-corrected chi connectivity index (χ2v) is 11.7. The summed E-state index contributed by atoms with van der Waals surface area (Å²) in [5, 5.41) is 17.8. The Kier molecular flexibility index (Phi) is 9.41. The number of carbonyl (C=O) groups excluding carboxylic acids is 2. The number of aromatic amines is 1. The highest BCUT2D eigenvalue weighted by Gasteiger charge is 2.26. The van der Waals surface area contributed by atoms with Crippen molar-refractivity contribution in [2.45, 2.75) is 40.5 Å². The Morgan fingerprint density at radius 1 is 1.09 bits per heavy atom. The van der Waals surface area contributed by atoms with Crippen LogP contribution in [0.2, 0.25) is 0 Å². The normalized spacial score (nSPS) is 13.4. The van der Waals surface area contributed by atoms with Crippen molar-refractivity contribution in [2.24, 2.45) is 0 Å². The van der Waals surface area contributed by atoms with Gasteiger partial charge in [-0.3, -0.25) is 14.4 Å². The van der Waals surface area contributed by atoms with E-state index in [1.807, 2.05) is 67.8 Å². The Morgan fingerprint density at radius 2 is 1.89 bits per heavy atom. The molecule has 0 unspecified atom stereocenters. The molecule has 2 aromatic carbocycles. The van der Waals surface area contributed by atoms with Gasteiger partial charge in [-0.15, -0.1) is 11.3 Å². The van der Waals surface area contributed by atoms with Crippen LogP contribution in [0.25, 0.3) is 33.5 Å². The first-order valence-electron chi connectivity index (χ1n) is 14.8. The van der Waals surface area contributed by atoms with Crippen LogP contribution in [0.5, 0.6) is 0 Å². The molecular formula is C34H37N5O4S. The number of benzene rings is 2. The average Bonchev–Trinajstić information content (AvgIpc) is 3.70. The number of fused-ring (bicyclic) bond motifs is 1. The molecule has 0 saturated heterocycles. The fourth-order valence-corrected chi connectivity index (χ4v) is 6.33. The van der Waals surface area contributed by atoms with Gasteiger partial charge in [-0.05, 0) is 68.8 Å². The largest absolute Gasteiger partial charge is 0.481 e. The fourth-order valence-electron chi connectivity index (χ4n) is 5.50. The Balaban J connectivity index is 1.38. The maximum Gasteiger partial charge on any atom is 0.303 e. The Bertz CT molecular complexity index is 1750. The predicted molar refractivity (Wildman–Crippen MR) is 176 cm³/mol. The Morgan fingerprint density at radius 3 is 2.64 bits per heavy atom. The molecule has 0 bridgehead atoms. The van der Waals surface area contributed by atoms with E-state index in [0.717, 1.165) is 75.2 Å². The van der Waals surface area contributed by atoms with Crippen molar-refractivity contribution >= 4 is 46.5 Å². The number of aryl methyl sites for hydroxylation is 2. The van der Waals surface area contributed by atoms with E-state index in [4.69, 9.17) is 10.1 Å². The molecule has 0 aliphatic carbocycles. The van der Waals surface area contributed by atoms with Gasteiger partial charge in [0.2, 0.25) is 0 Å². The van der Waals surface area contributed by atoms with Gasteiger partial charge in [0.1, 0.15) is 5.01 Å². The third-order valence-corrected chi connectivity index (χ3v) is 8.90. The highest BCUT2D eigenvalue weighted by Crippen LogP contribution is 2.38. The zero-order valence-corrected chi connectivity index (χ0v) is 26.2. The smallest absolute Gasteiger partial charge is 0.303 e. The van der Waals surface area contributed by atoms with Crippen molar-refractivity contribution in [3.8, 4) is 21.8 Å². The lowest BCUT2D eigenvalue weighted by molar-refractivity contribution is -0.137. The van der Waals surface area contributed by atoms with Crippen LogP contribution in [0, 0.1) is 13.8 Å². The number of likely N-dealkylation sites (N-methyl/N-ethyl adjacent to an activating group) is 1. The van der Waals surface area contributed by atoms with Gasteiger partial charge in [-0.1, -0.05) is 38.1 Å². The summed E-state index contributed by atoms with van der Waals surface area (Å²) in [6.07, 6.45) is 2.36. The quantitative estimate of drug-likeness (QED) is 0.146. The van der Waals surface area contributed by atoms with Crippen LogP contribution in [0.1, 0.15) is 58.7 Å². The number of carboxylic acid groups (broad SMARTS) is 1. The summed E-state index contributed by atoms with van der Waals surface area (Å²) in [4.78, 5) is 47.5. The second-order valence-electron chi connectivity index (χ2n) is 10.9. The number of hydrogen-bond acceptors (Lipinski definition) is 6. The van der Waals surface area contributed by atoms with Crippen LogP contribution in [-0.4, -0.2) is 63.9 Å². The summed E-state index contributed by atoms with van der Waals surface area (Å²) >= 11 is 1.52. The molecule has 1 aliphatic heterocycles. The molecule has 4 N–H and O–H groups in total. The molecule has 0 atom stereocenters. The van der Waals surface area contributed by atoms with Gasteiger partial charge < -0.3 is 25.6 Å². The predicted octanol–water partition coefficient (Wildman–Crippen LogP) is 6.00.